The Labute approximate surface area is 167 Å². The fraction of sp³-hybridized carbons (Fsp3) is 0.450. The van der Waals surface area contributed by atoms with E-state index in [1.165, 1.54) is 4.90 Å². The number of hydrogen-bond donors (Lipinski definition) is 1. The van der Waals surface area contributed by atoms with E-state index >= 15 is 0 Å². The zero-order valence-electron chi connectivity index (χ0n) is 15.6. The second kappa shape index (κ2) is 6.90. The van der Waals surface area contributed by atoms with Gasteiger partial charge in [-0.25, -0.2) is 9.69 Å². The monoisotopic (exact) mass is 404 g/mol. The van der Waals surface area contributed by atoms with Gasteiger partial charge in [-0.3, -0.25) is 9.59 Å². The third kappa shape index (κ3) is 2.99. The van der Waals surface area contributed by atoms with Gasteiger partial charge in [-0.2, -0.15) is 0 Å². The summed E-state index contributed by atoms with van der Waals surface area (Å²) in [7, 11) is 0. The minimum atomic E-state index is -1.04. The molecule has 3 aliphatic heterocycles. The first-order valence-corrected chi connectivity index (χ1v) is 9.61. The summed E-state index contributed by atoms with van der Waals surface area (Å²) >= 11 is 5.91. The Kier molecular flexibility index (Phi) is 4.67. The number of hydrogen-bond acceptors (Lipinski definition) is 5. The molecule has 1 aromatic rings. The Morgan fingerprint density at radius 2 is 2.00 bits per heavy atom. The third-order valence-corrected chi connectivity index (χ3v) is 5.55. The summed E-state index contributed by atoms with van der Waals surface area (Å²) < 4.78 is 11.1. The summed E-state index contributed by atoms with van der Waals surface area (Å²) in [5.41, 5.74) is -0.562. The molecule has 0 radical (unpaired) electrons. The van der Waals surface area contributed by atoms with Crippen molar-refractivity contribution >= 4 is 35.2 Å². The summed E-state index contributed by atoms with van der Waals surface area (Å²) in [4.78, 5) is 39.3. The predicted molar refractivity (Wildman–Crippen MR) is 102 cm³/mol. The summed E-state index contributed by atoms with van der Waals surface area (Å²) in [6.45, 7) is 4.24. The van der Waals surface area contributed by atoms with Crippen LogP contribution >= 0.6 is 11.6 Å². The van der Waals surface area contributed by atoms with Crippen molar-refractivity contribution in [2.45, 2.75) is 25.6 Å². The molecule has 2 bridgehead atoms. The molecule has 3 amide bonds. The maximum absolute atomic E-state index is 13.2. The number of imide groups is 1. The van der Waals surface area contributed by atoms with Crippen molar-refractivity contribution in [1.29, 1.82) is 0 Å². The Bertz CT molecular complexity index is 853. The highest BCUT2D eigenvalue weighted by Gasteiger charge is 2.67. The summed E-state index contributed by atoms with van der Waals surface area (Å²) in [5.74, 6) is -1.69. The van der Waals surface area contributed by atoms with Crippen molar-refractivity contribution in [2.75, 3.05) is 18.1 Å². The molecule has 0 spiro atoms. The van der Waals surface area contributed by atoms with Crippen LogP contribution in [0, 0.1) is 17.8 Å². The Balaban J connectivity index is 1.53. The van der Waals surface area contributed by atoms with Gasteiger partial charge >= 0.3 is 6.09 Å². The molecule has 4 atom stereocenters. The second-order valence-corrected chi connectivity index (χ2v) is 8.17. The van der Waals surface area contributed by atoms with Crippen LogP contribution in [-0.4, -0.2) is 42.8 Å². The molecule has 4 rings (SSSR count). The van der Waals surface area contributed by atoms with Crippen molar-refractivity contribution in [2.24, 2.45) is 17.8 Å². The van der Waals surface area contributed by atoms with Crippen molar-refractivity contribution < 1.29 is 23.9 Å². The predicted octanol–water partition coefficient (Wildman–Crippen LogP) is 2.54. The lowest BCUT2D eigenvalue weighted by molar-refractivity contribution is -0.126. The number of anilines is 1. The van der Waals surface area contributed by atoms with Crippen LogP contribution in [-0.2, 0) is 19.1 Å². The highest BCUT2D eigenvalue weighted by molar-refractivity contribution is 6.31. The van der Waals surface area contributed by atoms with Crippen LogP contribution in [0.3, 0.4) is 0 Å². The van der Waals surface area contributed by atoms with Crippen molar-refractivity contribution in [3.05, 3.63) is 41.4 Å². The standard InChI is InChI=1S/C20H21ClN2O5/c1-11(2)9-27-19(26)22-10-20-8-7-14(28-20)15-16(20)18(25)23(17(15)24)13-5-3-12(21)4-6-13/h3-8,11,14-16H,9-10H2,1-2H3,(H,22,26)/t14-,15-,16-,20-/m1/s1. The fourth-order valence-electron chi connectivity index (χ4n) is 4.05. The number of amides is 3. The minimum absolute atomic E-state index is 0.0611. The van der Waals surface area contributed by atoms with E-state index in [0.717, 1.165) is 0 Å². The second-order valence-electron chi connectivity index (χ2n) is 7.73. The third-order valence-electron chi connectivity index (χ3n) is 5.30. The number of halogens is 1. The van der Waals surface area contributed by atoms with Gasteiger partial charge in [-0.15, -0.1) is 0 Å². The summed E-state index contributed by atoms with van der Waals surface area (Å²) in [6.07, 6.45) is 2.52. The molecule has 0 saturated carbocycles. The van der Waals surface area contributed by atoms with Crippen LogP contribution < -0.4 is 10.2 Å². The van der Waals surface area contributed by atoms with Gasteiger partial charge in [0.05, 0.1) is 36.8 Å². The highest BCUT2D eigenvalue weighted by atomic mass is 35.5. The van der Waals surface area contributed by atoms with Gasteiger partial charge in [0.2, 0.25) is 11.8 Å². The molecule has 7 nitrogen and oxygen atoms in total. The van der Waals surface area contributed by atoms with Crippen LogP contribution in [0.1, 0.15) is 13.8 Å². The maximum atomic E-state index is 13.2. The maximum Gasteiger partial charge on any atom is 0.407 e. The average molecular weight is 405 g/mol. The molecular weight excluding hydrogens is 384 g/mol. The van der Waals surface area contributed by atoms with E-state index in [4.69, 9.17) is 21.1 Å². The van der Waals surface area contributed by atoms with Crippen LogP contribution in [0.15, 0.2) is 36.4 Å². The summed E-state index contributed by atoms with van der Waals surface area (Å²) in [6, 6.07) is 6.56. The number of nitrogens with one attached hydrogen (secondary N) is 1. The van der Waals surface area contributed by atoms with E-state index in [2.05, 4.69) is 5.32 Å². The number of carbonyl (C=O) groups excluding carboxylic acids is 3. The van der Waals surface area contributed by atoms with Crippen molar-refractivity contribution in [3.8, 4) is 0 Å². The molecule has 1 N–H and O–H groups in total. The molecule has 0 unspecified atom stereocenters. The topological polar surface area (TPSA) is 84.9 Å². The van der Waals surface area contributed by atoms with E-state index in [0.29, 0.717) is 17.3 Å². The molecule has 3 aliphatic rings. The van der Waals surface area contributed by atoms with E-state index in [-0.39, 0.29) is 24.3 Å². The fourth-order valence-corrected chi connectivity index (χ4v) is 4.18. The number of nitrogens with zero attached hydrogens (tertiary/aromatic N) is 1. The van der Waals surface area contributed by atoms with Crippen LogP contribution in [0.2, 0.25) is 5.02 Å². The first-order chi connectivity index (χ1) is 13.3. The van der Waals surface area contributed by atoms with Gasteiger partial charge in [0.15, 0.2) is 0 Å². The lowest BCUT2D eigenvalue weighted by Crippen LogP contribution is -2.49. The molecule has 2 saturated heterocycles. The van der Waals surface area contributed by atoms with Gasteiger partial charge in [0.25, 0.3) is 0 Å². The highest BCUT2D eigenvalue weighted by Crippen LogP contribution is 2.52. The number of carbonyl (C=O) groups is 3. The Morgan fingerprint density at radius 3 is 2.68 bits per heavy atom. The number of alkyl carbamates (subject to hydrolysis) is 1. The van der Waals surface area contributed by atoms with Crippen LogP contribution in [0.5, 0.6) is 0 Å². The average Bonchev–Trinajstić information content (AvgIpc) is 3.30. The van der Waals surface area contributed by atoms with Crippen molar-refractivity contribution in [1.82, 2.24) is 5.32 Å². The molecule has 1 aromatic carbocycles. The Hall–Kier alpha value is -2.38. The van der Waals surface area contributed by atoms with Gasteiger partial charge in [-0.05, 0) is 30.2 Å². The first kappa shape index (κ1) is 19.0. The lowest BCUT2D eigenvalue weighted by Gasteiger charge is -2.29. The van der Waals surface area contributed by atoms with E-state index in [9.17, 15) is 14.4 Å². The summed E-state index contributed by atoms with van der Waals surface area (Å²) in [5, 5.41) is 3.19. The Morgan fingerprint density at radius 1 is 1.29 bits per heavy atom. The quantitative estimate of drug-likeness (QED) is 0.602. The molecular formula is C20H21ClN2O5. The van der Waals surface area contributed by atoms with Crippen LogP contribution in [0.4, 0.5) is 10.5 Å². The first-order valence-electron chi connectivity index (χ1n) is 9.23. The number of ether oxygens (including phenoxy) is 2. The molecule has 3 heterocycles. The molecule has 0 aliphatic carbocycles. The largest absolute Gasteiger partial charge is 0.449 e. The van der Waals surface area contributed by atoms with Gasteiger partial charge in [-0.1, -0.05) is 37.6 Å². The number of fused-ring (bicyclic) bond motifs is 5. The zero-order valence-corrected chi connectivity index (χ0v) is 16.3. The van der Waals surface area contributed by atoms with Crippen molar-refractivity contribution in [3.63, 3.8) is 0 Å². The molecule has 28 heavy (non-hydrogen) atoms. The van der Waals surface area contributed by atoms with Gasteiger partial charge in [0, 0.05) is 5.02 Å². The van der Waals surface area contributed by atoms with Gasteiger partial charge < -0.3 is 14.8 Å². The zero-order chi connectivity index (χ0) is 20.1. The molecule has 148 valence electrons. The van der Waals surface area contributed by atoms with E-state index in [1.807, 2.05) is 13.8 Å². The lowest BCUT2D eigenvalue weighted by atomic mass is 9.77. The van der Waals surface area contributed by atoms with E-state index < -0.39 is 29.6 Å². The normalized spacial score (nSPS) is 30.3. The minimum Gasteiger partial charge on any atom is -0.449 e. The molecule has 0 aromatic heterocycles. The number of benzene rings is 1. The van der Waals surface area contributed by atoms with E-state index in [1.54, 1.807) is 36.4 Å². The molecule has 8 heteroatoms. The number of rotatable bonds is 5. The molecule has 2 fully saturated rings. The smallest absolute Gasteiger partial charge is 0.407 e. The van der Waals surface area contributed by atoms with Gasteiger partial charge in [0.1, 0.15) is 5.60 Å². The SMILES string of the molecule is CC(C)COC(=O)NC[C@@]12C=C[C@@H](O1)[C@H]1C(=O)N(c3ccc(Cl)cc3)C(=O)[C@@H]12. The van der Waals surface area contributed by atoms with Crippen LogP contribution in [0.25, 0.3) is 0 Å².